The fraction of sp³-hybridized carbons (Fsp3) is 0.158. The zero-order chi connectivity index (χ0) is 19.9. The molecular formula is C19H16ClFN4O2S. The van der Waals surface area contributed by atoms with E-state index < -0.39 is 10.0 Å². The van der Waals surface area contributed by atoms with E-state index in [1.165, 1.54) is 29.2 Å². The molecule has 0 saturated carbocycles. The molecule has 0 radical (unpaired) electrons. The zero-order valence-electron chi connectivity index (χ0n) is 14.8. The van der Waals surface area contributed by atoms with Crippen molar-refractivity contribution < 1.29 is 12.8 Å². The average Bonchev–Trinajstić information content (AvgIpc) is 3.30. The van der Waals surface area contributed by atoms with Gasteiger partial charge in [0.15, 0.2) is 0 Å². The molecule has 9 heteroatoms. The Hall–Kier alpha value is -2.71. The van der Waals surface area contributed by atoms with Gasteiger partial charge in [0.25, 0.3) is 10.0 Å². The van der Waals surface area contributed by atoms with Gasteiger partial charge in [-0.25, -0.2) is 4.39 Å². The summed E-state index contributed by atoms with van der Waals surface area (Å²) >= 11 is 6.12. The van der Waals surface area contributed by atoms with Crippen molar-refractivity contribution in [1.29, 1.82) is 0 Å². The van der Waals surface area contributed by atoms with Gasteiger partial charge >= 0.3 is 0 Å². The number of nitrogens with zero attached hydrogens (tertiary/aromatic N) is 4. The van der Waals surface area contributed by atoms with Gasteiger partial charge in [-0.3, -0.25) is 4.68 Å². The molecule has 0 saturated heterocycles. The van der Waals surface area contributed by atoms with Crippen LogP contribution in [0.25, 0.3) is 0 Å². The van der Waals surface area contributed by atoms with Crippen molar-refractivity contribution in [2.24, 2.45) is 12.1 Å². The van der Waals surface area contributed by atoms with Gasteiger partial charge in [0.05, 0.1) is 18.5 Å². The molecular weight excluding hydrogens is 403 g/mol. The monoisotopic (exact) mass is 418 g/mol. The smallest absolute Gasteiger partial charge is 0.274 e. The maximum Gasteiger partial charge on any atom is 0.282 e. The van der Waals surface area contributed by atoms with Gasteiger partial charge < -0.3 is 0 Å². The number of aryl methyl sites for hydroxylation is 1. The summed E-state index contributed by atoms with van der Waals surface area (Å²) in [7, 11) is -2.22. The lowest BCUT2D eigenvalue weighted by molar-refractivity contribution is 0.451. The van der Waals surface area contributed by atoms with E-state index in [0.29, 0.717) is 16.3 Å². The summed E-state index contributed by atoms with van der Waals surface area (Å²) in [6, 6.07) is 13.0. The summed E-state index contributed by atoms with van der Waals surface area (Å²) in [4.78, 5) is 0.0592. The molecule has 1 unspecified atom stereocenters. The second-order valence-corrected chi connectivity index (χ2v) is 8.74. The molecule has 0 fully saturated rings. The lowest BCUT2D eigenvalue weighted by Gasteiger charge is -2.16. The number of hydrogen-bond donors (Lipinski definition) is 0. The molecule has 1 atom stereocenters. The van der Waals surface area contributed by atoms with E-state index in [9.17, 15) is 12.8 Å². The van der Waals surface area contributed by atoms with Crippen LogP contribution in [0.2, 0.25) is 5.02 Å². The molecule has 1 aromatic heterocycles. The van der Waals surface area contributed by atoms with Crippen molar-refractivity contribution in [3.8, 4) is 0 Å². The van der Waals surface area contributed by atoms with Crippen LogP contribution in [0.4, 0.5) is 4.39 Å². The van der Waals surface area contributed by atoms with E-state index in [-0.39, 0.29) is 23.2 Å². The molecule has 2 heterocycles. The average molecular weight is 419 g/mol. The van der Waals surface area contributed by atoms with Crippen LogP contribution in [0.5, 0.6) is 0 Å². The molecule has 4 rings (SSSR count). The predicted molar refractivity (Wildman–Crippen MR) is 104 cm³/mol. The Morgan fingerprint density at radius 1 is 1.18 bits per heavy atom. The Labute approximate surface area is 166 Å². The molecule has 0 spiro atoms. The largest absolute Gasteiger partial charge is 0.282 e. The lowest BCUT2D eigenvalue weighted by atomic mass is 9.91. The van der Waals surface area contributed by atoms with Crippen molar-refractivity contribution in [3.05, 3.63) is 82.9 Å². The summed E-state index contributed by atoms with van der Waals surface area (Å²) in [5.74, 6) is -0.714. The van der Waals surface area contributed by atoms with E-state index >= 15 is 0 Å². The third kappa shape index (κ3) is 3.41. The number of sulfonamides is 1. The number of hydrogen-bond acceptors (Lipinski definition) is 4. The van der Waals surface area contributed by atoms with Crippen LogP contribution in [-0.2, 0) is 17.1 Å². The first-order valence-electron chi connectivity index (χ1n) is 8.46. The van der Waals surface area contributed by atoms with Crippen molar-refractivity contribution in [2.45, 2.75) is 10.8 Å². The first-order chi connectivity index (χ1) is 13.3. The van der Waals surface area contributed by atoms with Crippen LogP contribution < -0.4 is 0 Å². The van der Waals surface area contributed by atoms with Gasteiger partial charge in [0.2, 0.25) is 0 Å². The third-order valence-electron chi connectivity index (χ3n) is 4.54. The highest BCUT2D eigenvalue weighted by molar-refractivity contribution is 7.89. The minimum absolute atomic E-state index is 0.0592. The number of aromatic nitrogens is 2. The van der Waals surface area contributed by atoms with E-state index in [1.807, 2.05) is 6.07 Å². The highest BCUT2D eigenvalue weighted by atomic mass is 35.5. The highest BCUT2D eigenvalue weighted by Crippen LogP contribution is 2.32. The maximum atomic E-state index is 13.4. The standard InChI is InChI=1S/C19H16ClFN4O2S/c1-24-11-17(10-22-24)28(26,27)25-12-18(13-5-7-16(21)8-6-13)19(23-25)14-3-2-4-15(20)9-14/h2-11,18H,12H2,1H3. The van der Waals surface area contributed by atoms with Crippen LogP contribution >= 0.6 is 11.6 Å². The molecule has 6 nitrogen and oxygen atoms in total. The van der Waals surface area contributed by atoms with Gasteiger partial charge in [-0.05, 0) is 35.4 Å². The van der Waals surface area contributed by atoms with E-state index in [2.05, 4.69) is 10.2 Å². The van der Waals surface area contributed by atoms with Crippen LogP contribution in [-0.4, -0.2) is 34.9 Å². The molecule has 0 aliphatic carbocycles. The van der Waals surface area contributed by atoms with Crippen molar-refractivity contribution in [3.63, 3.8) is 0 Å². The number of benzene rings is 2. The van der Waals surface area contributed by atoms with Gasteiger partial charge in [-0.15, -0.1) is 0 Å². The van der Waals surface area contributed by atoms with Crippen molar-refractivity contribution in [2.75, 3.05) is 6.54 Å². The number of rotatable bonds is 4. The zero-order valence-corrected chi connectivity index (χ0v) is 16.4. The fourth-order valence-electron chi connectivity index (χ4n) is 3.14. The van der Waals surface area contributed by atoms with Crippen LogP contribution in [0.15, 0.2) is 70.9 Å². The minimum atomic E-state index is -3.86. The second kappa shape index (κ2) is 7.03. The normalized spacial score (nSPS) is 17.0. The molecule has 2 aromatic carbocycles. The fourth-order valence-corrected chi connectivity index (χ4v) is 4.58. The summed E-state index contributed by atoms with van der Waals surface area (Å²) in [5, 5.41) is 8.86. The summed E-state index contributed by atoms with van der Waals surface area (Å²) in [6.07, 6.45) is 2.71. The molecule has 0 bridgehead atoms. The second-order valence-electron chi connectivity index (χ2n) is 6.46. The lowest BCUT2D eigenvalue weighted by Crippen LogP contribution is -2.25. The van der Waals surface area contributed by atoms with Gasteiger partial charge in [0, 0.05) is 24.2 Å². The van der Waals surface area contributed by atoms with Crippen molar-refractivity contribution >= 4 is 27.3 Å². The Balaban J connectivity index is 1.79. The van der Waals surface area contributed by atoms with Gasteiger partial charge in [0.1, 0.15) is 10.7 Å². The van der Waals surface area contributed by atoms with Gasteiger partial charge in [-0.2, -0.15) is 23.0 Å². The van der Waals surface area contributed by atoms with E-state index in [0.717, 1.165) is 9.98 Å². The van der Waals surface area contributed by atoms with E-state index in [1.54, 1.807) is 37.4 Å². The van der Waals surface area contributed by atoms with Crippen LogP contribution in [0.1, 0.15) is 17.0 Å². The first kappa shape index (κ1) is 18.6. The molecule has 3 aromatic rings. The molecule has 0 N–H and O–H groups in total. The quantitative estimate of drug-likeness (QED) is 0.652. The van der Waals surface area contributed by atoms with Crippen LogP contribution in [0, 0.1) is 5.82 Å². The number of halogens is 2. The first-order valence-corrected chi connectivity index (χ1v) is 10.3. The molecule has 144 valence electrons. The Morgan fingerprint density at radius 3 is 2.57 bits per heavy atom. The maximum absolute atomic E-state index is 13.4. The number of hydrazone groups is 1. The predicted octanol–water partition coefficient (Wildman–Crippen LogP) is 3.41. The van der Waals surface area contributed by atoms with Crippen LogP contribution in [0.3, 0.4) is 0 Å². The highest BCUT2D eigenvalue weighted by Gasteiger charge is 2.36. The Bertz CT molecular complexity index is 1160. The molecule has 1 aliphatic heterocycles. The summed E-state index contributed by atoms with van der Waals surface area (Å²) in [5.41, 5.74) is 2.04. The minimum Gasteiger partial charge on any atom is -0.274 e. The van der Waals surface area contributed by atoms with Gasteiger partial charge in [-0.1, -0.05) is 35.9 Å². The summed E-state index contributed by atoms with van der Waals surface area (Å²) < 4.78 is 41.9. The topological polar surface area (TPSA) is 67.6 Å². The molecule has 1 aliphatic rings. The van der Waals surface area contributed by atoms with Crippen molar-refractivity contribution in [1.82, 2.24) is 14.2 Å². The third-order valence-corrected chi connectivity index (χ3v) is 6.36. The molecule has 28 heavy (non-hydrogen) atoms. The SMILES string of the molecule is Cn1cc(S(=O)(=O)N2CC(c3ccc(F)cc3)C(c3cccc(Cl)c3)=N2)cn1. The molecule has 0 amide bonds. The summed E-state index contributed by atoms with van der Waals surface area (Å²) in [6.45, 7) is 0.102. The van der Waals surface area contributed by atoms with E-state index in [4.69, 9.17) is 11.6 Å². The Morgan fingerprint density at radius 2 is 1.93 bits per heavy atom. The Kier molecular flexibility index (Phi) is 4.68.